The number of hydrogen-bond acceptors (Lipinski definition) is 5. The summed E-state index contributed by atoms with van der Waals surface area (Å²) in [6, 6.07) is 6.39. The first-order valence-electron chi connectivity index (χ1n) is 8.09. The van der Waals surface area contributed by atoms with Gasteiger partial charge in [-0.05, 0) is 49.4 Å². The first kappa shape index (κ1) is 16.6. The summed E-state index contributed by atoms with van der Waals surface area (Å²) in [6.45, 7) is 2.22. The number of rotatable bonds is 4. The highest BCUT2D eigenvalue weighted by Gasteiger charge is 2.22. The van der Waals surface area contributed by atoms with E-state index < -0.39 is 5.97 Å². The first-order chi connectivity index (χ1) is 11.6. The number of methoxy groups -OCH3 is 1. The zero-order valence-corrected chi connectivity index (χ0v) is 14.6. The Morgan fingerprint density at radius 3 is 2.67 bits per heavy atom. The normalized spacial score (nSPS) is 16.3. The summed E-state index contributed by atoms with van der Waals surface area (Å²) < 4.78 is 4.65. The number of ether oxygens (including phenoxy) is 1. The molecule has 1 aromatic carbocycles. The predicted octanol–water partition coefficient (Wildman–Crippen LogP) is 3.70. The maximum atomic E-state index is 12.3. The third-order valence-electron chi connectivity index (χ3n) is 4.41. The number of benzene rings is 1. The molecule has 1 heterocycles. The number of nitrogens with one attached hydrogen (secondary N) is 1. The SMILES string of the molecule is CCC1CCc2nc(NC(=O)c3ccc(C(=O)OC)cc3)sc2C1. The Morgan fingerprint density at radius 1 is 1.29 bits per heavy atom. The molecule has 1 aromatic heterocycles. The average Bonchev–Trinajstić information content (AvgIpc) is 3.02. The van der Waals surface area contributed by atoms with E-state index in [4.69, 9.17) is 0 Å². The highest BCUT2D eigenvalue weighted by atomic mass is 32.1. The highest BCUT2D eigenvalue weighted by molar-refractivity contribution is 7.15. The Kier molecular flexibility index (Phi) is 4.94. The van der Waals surface area contributed by atoms with Gasteiger partial charge in [0.1, 0.15) is 0 Å². The second-order valence-electron chi connectivity index (χ2n) is 5.93. The number of anilines is 1. The second kappa shape index (κ2) is 7.13. The molecular formula is C18H20N2O3S. The van der Waals surface area contributed by atoms with Gasteiger partial charge in [0.25, 0.3) is 5.91 Å². The van der Waals surface area contributed by atoms with Crippen molar-refractivity contribution in [1.82, 2.24) is 4.98 Å². The van der Waals surface area contributed by atoms with Crippen LogP contribution in [0.3, 0.4) is 0 Å². The molecule has 0 aliphatic heterocycles. The van der Waals surface area contributed by atoms with Crippen LogP contribution in [-0.2, 0) is 17.6 Å². The van der Waals surface area contributed by atoms with E-state index in [9.17, 15) is 9.59 Å². The van der Waals surface area contributed by atoms with Crippen molar-refractivity contribution in [2.24, 2.45) is 5.92 Å². The number of aryl methyl sites for hydroxylation is 1. The fourth-order valence-electron chi connectivity index (χ4n) is 2.89. The number of aromatic nitrogens is 1. The molecule has 0 saturated heterocycles. The number of esters is 1. The zero-order chi connectivity index (χ0) is 17.1. The van der Waals surface area contributed by atoms with Crippen molar-refractivity contribution < 1.29 is 14.3 Å². The molecule has 3 rings (SSSR count). The van der Waals surface area contributed by atoms with Crippen LogP contribution in [0.4, 0.5) is 5.13 Å². The van der Waals surface area contributed by atoms with Crippen LogP contribution in [0.5, 0.6) is 0 Å². The fourth-order valence-corrected chi connectivity index (χ4v) is 4.01. The largest absolute Gasteiger partial charge is 0.465 e. The lowest BCUT2D eigenvalue weighted by atomic mass is 9.89. The Morgan fingerprint density at radius 2 is 2.00 bits per heavy atom. The summed E-state index contributed by atoms with van der Waals surface area (Å²) in [5.41, 5.74) is 2.03. The van der Waals surface area contributed by atoms with Gasteiger partial charge in [-0.3, -0.25) is 10.1 Å². The number of nitrogens with zero attached hydrogens (tertiary/aromatic N) is 1. The minimum atomic E-state index is -0.417. The van der Waals surface area contributed by atoms with Gasteiger partial charge in [-0.2, -0.15) is 0 Å². The number of fused-ring (bicyclic) bond motifs is 1. The quantitative estimate of drug-likeness (QED) is 0.859. The van der Waals surface area contributed by atoms with E-state index in [2.05, 4.69) is 22.0 Å². The second-order valence-corrected chi connectivity index (χ2v) is 7.01. The van der Waals surface area contributed by atoms with E-state index in [0.717, 1.165) is 24.5 Å². The molecule has 1 N–H and O–H groups in total. The molecule has 24 heavy (non-hydrogen) atoms. The van der Waals surface area contributed by atoms with Crippen molar-refractivity contribution >= 4 is 28.3 Å². The van der Waals surface area contributed by atoms with Gasteiger partial charge in [-0.25, -0.2) is 9.78 Å². The monoisotopic (exact) mass is 344 g/mol. The molecule has 0 fully saturated rings. The summed E-state index contributed by atoms with van der Waals surface area (Å²) in [4.78, 5) is 29.6. The summed E-state index contributed by atoms with van der Waals surface area (Å²) >= 11 is 1.57. The molecule has 0 bridgehead atoms. The van der Waals surface area contributed by atoms with Crippen molar-refractivity contribution in [3.05, 3.63) is 46.0 Å². The van der Waals surface area contributed by atoms with E-state index in [-0.39, 0.29) is 5.91 Å². The van der Waals surface area contributed by atoms with Crippen molar-refractivity contribution in [2.75, 3.05) is 12.4 Å². The Labute approximate surface area is 145 Å². The summed E-state index contributed by atoms with van der Waals surface area (Å²) in [5.74, 6) is 0.0944. The van der Waals surface area contributed by atoms with Crippen molar-refractivity contribution in [3.8, 4) is 0 Å². The van der Waals surface area contributed by atoms with Crippen LogP contribution in [0, 0.1) is 5.92 Å². The standard InChI is InChI=1S/C18H20N2O3S/c1-3-11-4-9-14-15(10-11)24-18(19-14)20-16(21)12-5-7-13(8-6-12)17(22)23-2/h5-8,11H,3-4,9-10H2,1-2H3,(H,19,20,21). The summed E-state index contributed by atoms with van der Waals surface area (Å²) in [6.07, 6.45) is 4.42. The van der Waals surface area contributed by atoms with Gasteiger partial charge in [0.05, 0.1) is 18.4 Å². The molecule has 1 amide bonds. The minimum Gasteiger partial charge on any atom is -0.465 e. The highest BCUT2D eigenvalue weighted by Crippen LogP contribution is 2.33. The van der Waals surface area contributed by atoms with Crippen molar-refractivity contribution in [3.63, 3.8) is 0 Å². The topological polar surface area (TPSA) is 68.3 Å². The molecular weight excluding hydrogens is 324 g/mol. The van der Waals surface area contributed by atoms with E-state index in [0.29, 0.717) is 16.3 Å². The summed E-state index contributed by atoms with van der Waals surface area (Å²) in [7, 11) is 1.33. The van der Waals surface area contributed by atoms with Crippen LogP contribution in [0.1, 0.15) is 51.1 Å². The maximum Gasteiger partial charge on any atom is 0.337 e. The number of carbonyl (C=O) groups excluding carboxylic acids is 2. The molecule has 0 spiro atoms. The number of carbonyl (C=O) groups is 2. The number of thiazole rings is 1. The molecule has 6 heteroatoms. The van der Waals surface area contributed by atoms with Crippen LogP contribution in [-0.4, -0.2) is 24.0 Å². The van der Waals surface area contributed by atoms with Crippen molar-refractivity contribution in [2.45, 2.75) is 32.6 Å². The molecule has 1 aliphatic rings. The van der Waals surface area contributed by atoms with Crippen LogP contribution >= 0.6 is 11.3 Å². The molecule has 5 nitrogen and oxygen atoms in total. The lowest BCUT2D eigenvalue weighted by Crippen LogP contribution is -2.13. The van der Waals surface area contributed by atoms with E-state index in [1.54, 1.807) is 35.6 Å². The lowest BCUT2D eigenvalue weighted by Gasteiger charge is -2.18. The molecule has 1 aliphatic carbocycles. The lowest BCUT2D eigenvalue weighted by molar-refractivity contribution is 0.0600. The molecule has 0 saturated carbocycles. The van der Waals surface area contributed by atoms with Gasteiger partial charge in [-0.1, -0.05) is 13.3 Å². The molecule has 2 aromatic rings. The Hall–Kier alpha value is -2.21. The van der Waals surface area contributed by atoms with Crippen LogP contribution in [0.25, 0.3) is 0 Å². The smallest absolute Gasteiger partial charge is 0.337 e. The van der Waals surface area contributed by atoms with Gasteiger partial charge in [0.2, 0.25) is 0 Å². The van der Waals surface area contributed by atoms with Crippen LogP contribution in [0.2, 0.25) is 0 Å². The van der Waals surface area contributed by atoms with Crippen LogP contribution in [0.15, 0.2) is 24.3 Å². The molecule has 0 radical (unpaired) electrons. The molecule has 1 unspecified atom stereocenters. The Balaban J connectivity index is 1.69. The summed E-state index contributed by atoms with van der Waals surface area (Å²) in [5, 5.41) is 3.51. The Bertz CT molecular complexity index is 752. The first-order valence-corrected chi connectivity index (χ1v) is 8.90. The van der Waals surface area contributed by atoms with E-state index in [1.807, 2.05) is 0 Å². The van der Waals surface area contributed by atoms with Gasteiger partial charge < -0.3 is 4.74 Å². The minimum absolute atomic E-state index is 0.218. The third-order valence-corrected chi connectivity index (χ3v) is 5.44. The number of hydrogen-bond donors (Lipinski definition) is 1. The van der Waals surface area contributed by atoms with Crippen molar-refractivity contribution in [1.29, 1.82) is 0 Å². The molecule has 1 atom stereocenters. The van der Waals surface area contributed by atoms with Gasteiger partial charge in [-0.15, -0.1) is 11.3 Å². The molecule has 126 valence electrons. The predicted molar refractivity (Wildman–Crippen MR) is 93.7 cm³/mol. The third kappa shape index (κ3) is 3.48. The van der Waals surface area contributed by atoms with Gasteiger partial charge in [0, 0.05) is 10.4 Å². The average molecular weight is 344 g/mol. The fraction of sp³-hybridized carbons (Fsp3) is 0.389. The maximum absolute atomic E-state index is 12.3. The zero-order valence-electron chi connectivity index (χ0n) is 13.8. The van der Waals surface area contributed by atoms with Gasteiger partial charge in [0.15, 0.2) is 5.13 Å². The number of amides is 1. The van der Waals surface area contributed by atoms with Crippen LogP contribution < -0.4 is 5.32 Å². The van der Waals surface area contributed by atoms with Gasteiger partial charge >= 0.3 is 5.97 Å². The van der Waals surface area contributed by atoms with E-state index in [1.165, 1.54) is 24.8 Å². The van der Waals surface area contributed by atoms with E-state index >= 15 is 0 Å².